The maximum absolute atomic E-state index is 13.0. The van der Waals surface area contributed by atoms with Gasteiger partial charge in [-0.25, -0.2) is 4.68 Å². The maximum atomic E-state index is 13.0. The number of hydrogen-bond donors (Lipinski definition) is 1. The first kappa shape index (κ1) is 17.2. The molecule has 1 aromatic heterocycles. The van der Waals surface area contributed by atoms with E-state index in [1.165, 1.54) is 0 Å². The van der Waals surface area contributed by atoms with Crippen molar-refractivity contribution in [3.05, 3.63) is 101 Å². The Balaban J connectivity index is 1.77. The number of nitrogens with zero attached hydrogens (tertiary/aromatic N) is 2. The lowest BCUT2D eigenvalue weighted by Crippen LogP contribution is -2.12. The van der Waals surface area contributed by atoms with Gasteiger partial charge in [0.2, 0.25) is 0 Å². The van der Waals surface area contributed by atoms with Crippen molar-refractivity contribution in [2.24, 2.45) is 0 Å². The van der Waals surface area contributed by atoms with Crippen molar-refractivity contribution < 1.29 is 4.79 Å². The number of halogens is 1. The highest BCUT2D eigenvalue weighted by atomic mass is 79.9. The Labute approximate surface area is 165 Å². The quantitative estimate of drug-likeness (QED) is 0.472. The van der Waals surface area contributed by atoms with Gasteiger partial charge in [0.15, 0.2) is 0 Å². The summed E-state index contributed by atoms with van der Waals surface area (Å²) < 4.78 is 2.56. The summed E-state index contributed by atoms with van der Waals surface area (Å²) >= 11 is 3.47. The van der Waals surface area contributed by atoms with Crippen molar-refractivity contribution in [2.45, 2.75) is 0 Å². The van der Waals surface area contributed by atoms with Gasteiger partial charge in [0, 0.05) is 16.2 Å². The topological polar surface area (TPSA) is 46.9 Å². The molecule has 4 rings (SSSR count). The fraction of sp³-hybridized carbons (Fsp3) is 0. The van der Waals surface area contributed by atoms with Crippen molar-refractivity contribution >= 4 is 27.5 Å². The van der Waals surface area contributed by atoms with Crippen molar-refractivity contribution in [2.75, 3.05) is 5.32 Å². The second-order valence-corrected chi connectivity index (χ2v) is 6.83. The Kier molecular flexibility index (Phi) is 4.85. The summed E-state index contributed by atoms with van der Waals surface area (Å²) in [4.78, 5) is 13.0. The SMILES string of the molecule is O=C(Nc1ccccc1Br)c1cn(-c2ccccc2)nc1-c1ccccc1. The molecule has 0 radical (unpaired) electrons. The van der Waals surface area contributed by atoms with Crippen LogP contribution in [0, 0.1) is 0 Å². The zero-order valence-corrected chi connectivity index (χ0v) is 15.9. The van der Waals surface area contributed by atoms with Crippen LogP contribution < -0.4 is 5.32 Å². The van der Waals surface area contributed by atoms with Crippen LogP contribution >= 0.6 is 15.9 Å². The predicted molar refractivity (Wildman–Crippen MR) is 111 cm³/mol. The molecule has 132 valence electrons. The van der Waals surface area contributed by atoms with Gasteiger partial charge in [-0.3, -0.25) is 4.79 Å². The van der Waals surface area contributed by atoms with Crippen LogP contribution in [0.3, 0.4) is 0 Å². The molecule has 1 heterocycles. The normalized spacial score (nSPS) is 10.6. The molecule has 1 amide bonds. The molecule has 0 fully saturated rings. The predicted octanol–water partition coefficient (Wildman–Crippen LogP) is 5.55. The molecule has 0 aliphatic rings. The lowest BCUT2D eigenvalue weighted by Gasteiger charge is -2.07. The standard InChI is InChI=1S/C22H16BrN3O/c23-19-13-7-8-14-20(19)24-22(27)18-15-26(17-11-5-2-6-12-17)25-21(18)16-9-3-1-4-10-16/h1-15H,(H,24,27). The molecular formula is C22H16BrN3O. The van der Waals surface area contributed by atoms with Crippen molar-refractivity contribution in [1.82, 2.24) is 9.78 Å². The van der Waals surface area contributed by atoms with Gasteiger partial charge in [-0.15, -0.1) is 0 Å². The first-order chi connectivity index (χ1) is 13.2. The molecule has 0 bridgehead atoms. The molecule has 3 aromatic carbocycles. The first-order valence-electron chi connectivity index (χ1n) is 8.49. The van der Waals surface area contributed by atoms with Crippen molar-refractivity contribution in [1.29, 1.82) is 0 Å². The summed E-state index contributed by atoms with van der Waals surface area (Å²) in [5.74, 6) is -0.206. The smallest absolute Gasteiger partial charge is 0.259 e. The van der Waals surface area contributed by atoms with Gasteiger partial charge in [-0.05, 0) is 40.2 Å². The third kappa shape index (κ3) is 3.68. The molecule has 0 aliphatic carbocycles. The maximum Gasteiger partial charge on any atom is 0.259 e. The zero-order valence-electron chi connectivity index (χ0n) is 14.3. The number of nitrogens with one attached hydrogen (secondary N) is 1. The Morgan fingerprint density at radius 3 is 2.19 bits per heavy atom. The molecule has 0 atom stereocenters. The van der Waals surface area contributed by atoms with Crippen LogP contribution in [-0.4, -0.2) is 15.7 Å². The molecule has 27 heavy (non-hydrogen) atoms. The third-order valence-electron chi connectivity index (χ3n) is 4.15. The van der Waals surface area contributed by atoms with Gasteiger partial charge < -0.3 is 5.32 Å². The van der Waals surface area contributed by atoms with E-state index in [0.29, 0.717) is 16.9 Å². The second kappa shape index (κ2) is 7.60. The Morgan fingerprint density at radius 1 is 0.852 bits per heavy atom. The van der Waals surface area contributed by atoms with Gasteiger partial charge >= 0.3 is 0 Å². The largest absolute Gasteiger partial charge is 0.321 e. The molecule has 1 N–H and O–H groups in total. The van der Waals surface area contributed by atoms with Crippen LogP contribution in [0.4, 0.5) is 5.69 Å². The summed E-state index contributed by atoms with van der Waals surface area (Å²) in [6, 6.07) is 27.0. The second-order valence-electron chi connectivity index (χ2n) is 5.97. The minimum Gasteiger partial charge on any atom is -0.321 e. The van der Waals surface area contributed by atoms with Crippen LogP contribution in [0.5, 0.6) is 0 Å². The highest BCUT2D eigenvalue weighted by Crippen LogP contribution is 2.26. The molecule has 4 nitrogen and oxygen atoms in total. The van der Waals surface area contributed by atoms with E-state index in [2.05, 4.69) is 26.3 Å². The van der Waals surface area contributed by atoms with Crippen LogP contribution in [0.15, 0.2) is 95.6 Å². The Morgan fingerprint density at radius 2 is 1.48 bits per heavy atom. The average Bonchev–Trinajstić information content (AvgIpc) is 3.17. The molecule has 4 aromatic rings. The van der Waals surface area contributed by atoms with Gasteiger partial charge in [0.1, 0.15) is 5.69 Å². The lowest BCUT2D eigenvalue weighted by atomic mass is 10.1. The van der Waals surface area contributed by atoms with Crippen LogP contribution in [0.2, 0.25) is 0 Å². The lowest BCUT2D eigenvalue weighted by molar-refractivity contribution is 0.102. The Bertz CT molecular complexity index is 1080. The number of para-hydroxylation sites is 2. The first-order valence-corrected chi connectivity index (χ1v) is 9.28. The van der Waals surface area contributed by atoms with E-state index >= 15 is 0 Å². The monoisotopic (exact) mass is 417 g/mol. The van der Waals surface area contributed by atoms with Gasteiger partial charge in [0.05, 0.1) is 16.9 Å². The van der Waals surface area contributed by atoms with Gasteiger partial charge in [-0.1, -0.05) is 60.7 Å². The van der Waals surface area contributed by atoms with E-state index in [4.69, 9.17) is 0 Å². The minimum atomic E-state index is -0.206. The molecule has 5 heteroatoms. The number of aromatic nitrogens is 2. The molecule has 0 saturated heterocycles. The van der Waals surface area contributed by atoms with Gasteiger partial charge in [-0.2, -0.15) is 5.10 Å². The highest BCUT2D eigenvalue weighted by Gasteiger charge is 2.19. The molecule has 0 spiro atoms. The fourth-order valence-corrected chi connectivity index (χ4v) is 3.20. The van der Waals surface area contributed by atoms with Crippen LogP contribution in [0.25, 0.3) is 16.9 Å². The van der Waals surface area contributed by atoms with E-state index in [1.54, 1.807) is 10.9 Å². The van der Waals surface area contributed by atoms with Gasteiger partial charge in [0.25, 0.3) is 5.91 Å². The molecular weight excluding hydrogens is 402 g/mol. The molecule has 0 aliphatic heterocycles. The average molecular weight is 418 g/mol. The summed E-state index contributed by atoms with van der Waals surface area (Å²) in [6.07, 6.45) is 1.77. The van der Waals surface area contributed by atoms with E-state index in [0.717, 1.165) is 15.7 Å². The van der Waals surface area contributed by atoms with E-state index in [9.17, 15) is 4.79 Å². The van der Waals surface area contributed by atoms with Crippen molar-refractivity contribution in [3.8, 4) is 16.9 Å². The highest BCUT2D eigenvalue weighted by molar-refractivity contribution is 9.10. The number of carbonyl (C=O) groups excluding carboxylic acids is 1. The molecule has 0 unspecified atom stereocenters. The van der Waals surface area contributed by atoms with Crippen molar-refractivity contribution in [3.63, 3.8) is 0 Å². The zero-order chi connectivity index (χ0) is 18.6. The number of benzene rings is 3. The number of rotatable bonds is 4. The van der Waals surface area contributed by atoms with E-state index in [1.807, 2.05) is 84.9 Å². The number of hydrogen-bond acceptors (Lipinski definition) is 2. The fourth-order valence-electron chi connectivity index (χ4n) is 2.81. The molecule has 0 saturated carbocycles. The number of anilines is 1. The minimum absolute atomic E-state index is 0.206. The third-order valence-corrected chi connectivity index (χ3v) is 4.84. The Hall–Kier alpha value is -3.18. The summed E-state index contributed by atoms with van der Waals surface area (Å²) in [5, 5.41) is 7.64. The van der Waals surface area contributed by atoms with E-state index in [-0.39, 0.29) is 5.91 Å². The summed E-state index contributed by atoms with van der Waals surface area (Å²) in [5.41, 5.74) is 3.66. The number of carbonyl (C=O) groups is 1. The van der Waals surface area contributed by atoms with Crippen LogP contribution in [0.1, 0.15) is 10.4 Å². The number of amides is 1. The summed E-state index contributed by atoms with van der Waals surface area (Å²) in [7, 11) is 0. The van der Waals surface area contributed by atoms with Crippen LogP contribution in [-0.2, 0) is 0 Å². The van der Waals surface area contributed by atoms with E-state index < -0.39 is 0 Å². The summed E-state index contributed by atoms with van der Waals surface area (Å²) in [6.45, 7) is 0.